The smallest absolute Gasteiger partial charge is 0.391 e. The Hall–Kier alpha value is -2.19. The molecule has 5 nitrogen and oxygen atoms in total. The molecule has 2 rings (SSSR count). The van der Waals surface area contributed by atoms with Crippen molar-refractivity contribution < 1.29 is 17.6 Å². The predicted octanol–water partition coefficient (Wildman–Crippen LogP) is 2.88. The fourth-order valence-corrected chi connectivity index (χ4v) is 1.93. The summed E-state index contributed by atoms with van der Waals surface area (Å²) >= 11 is 0. The second-order valence-electron chi connectivity index (χ2n) is 4.79. The number of hydrogen-bond acceptors (Lipinski definition) is 4. The van der Waals surface area contributed by atoms with Crippen molar-refractivity contribution in [3.05, 3.63) is 23.5 Å². The Morgan fingerprint density at radius 1 is 1.33 bits per heavy atom. The summed E-state index contributed by atoms with van der Waals surface area (Å²) in [6.45, 7) is 2.84. The van der Waals surface area contributed by atoms with Gasteiger partial charge >= 0.3 is 6.18 Å². The van der Waals surface area contributed by atoms with E-state index in [1.165, 1.54) is 19.9 Å². The molecule has 2 aromatic rings. The fourth-order valence-electron chi connectivity index (χ4n) is 1.93. The van der Waals surface area contributed by atoms with Crippen LogP contribution in [0.4, 0.5) is 23.2 Å². The normalized spacial score (nSPS) is 13.4. The van der Waals surface area contributed by atoms with E-state index in [1.807, 2.05) is 0 Å². The van der Waals surface area contributed by atoms with Gasteiger partial charge in [-0.25, -0.2) is 9.07 Å². The third-order valence-electron chi connectivity index (χ3n) is 3.08. The van der Waals surface area contributed by atoms with E-state index < -0.39 is 24.5 Å². The first kappa shape index (κ1) is 15.2. The quantitative estimate of drug-likeness (QED) is 0.699. The first-order valence-corrected chi connectivity index (χ1v) is 6.09. The number of tetrazole rings is 1. The molecule has 0 saturated carbocycles. The second-order valence-corrected chi connectivity index (χ2v) is 4.79. The first-order chi connectivity index (χ1) is 9.69. The van der Waals surface area contributed by atoms with Gasteiger partial charge in [0.05, 0.1) is 12.5 Å². The van der Waals surface area contributed by atoms with Crippen LogP contribution >= 0.6 is 0 Å². The third-order valence-corrected chi connectivity index (χ3v) is 3.08. The lowest BCUT2D eigenvalue weighted by molar-refractivity contribution is -0.142. The summed E-state index contributed by atoms with van der Waals surface area (Å²) < 4.78 is 52.1. The van der Waals surface area contributed by atoms with E-state index in [1.54, 1.807) is 0 Å². The summed E-state index contributed by atoms with van der Waals surface area (Å²) in [6, 6.07) is 1.57. The SMILES string of the molecule is Cc1c(N)cc(-c2nnnn2C(C)CC(F)(F)F)cc1F. The molecule has 21 heavy (non-hydrogen) atoms. The summed E-state index contributed by atoms with van der Waals surface area (Å²) in [4.78, 5) is 0. The standard InChI is InChI=1S/C12H13F4N5/c1-6(5-12(14,15)16)21-11(18-19-20-21)8-3-9(13)7(2)10(17)4-8/h3-4,6H,5,17H2,1-2H3. The van der Waals surface area contributed by atoms with E-state index >= 15 is 0 Å². The highest BCUT2D eigenvalue weighted by Crippen LogP contribution is 2.30. The zero-order valence-corrected chi connectivity index (χ0v) is 11.3. The molecular weight excluding hydrogens is 290 g/mol. The van der Waals surface area contributed by atoms with Crippen molar-refractivity contribution in [1.82, 2.24) is 20.2 Å². The molecule has 0 spiro atoms. The van der Waals surface area contributed by atoms with Gasteiger partial charge in [-0.2, -0.15) is 13.2 Å². The Morgan fingerprint density at radius 2 is 2.00 bits per heavy atom. The lowest BCUT2D eigenvalue weighted by atomic mass is 10.1. The van der Waals surface area contributed by atoms with Crippen LogP contribution in [0, 0.1) is 12.7 Å². The van der Waals surface area contributed by atoms with Gasteiger partial charge in [-0.3, -0.25) is 0 Å². The summed E-state index contributed by atoms with van der Waals surface area (Å²) in [5.41, 5.74) is 6.34. The molecule has 0 bridgehead atoms. The van der Waals surface area contributed by atoms with Crippen LogP contribution in [0.5, 0.6) is 0 Å². The van der Waals surface area contributed by atoms with E-state index in [-0.39, 0.29) is 22.6 Å². The summed E-state index contributed by atoms with van der Waals surface area (Å²) in [5.74, 6) is -0.527. The highest BCUT2D eigenvalue weighted by atomic mass is 19.4. The van der Waals surface area contributed by atoms with Crippen LogP contribution in [-0.4, -0.2) is 26.4 Å². The van der Waals surface area contributed by atoms with E-state index in [4.69, 9.17) is 5.73 Å². The topological polar surface area (TPSA) is 69.6 Å². The van der Waals surface area contributed by atoms with Gasteiger partial charge < -0.3 is 5.73 Å². The minimum absolute atomic E-state index is 0.0392. The number of halogens is 4. The van der Waals surface area contributed by atoms with E-state index in [2.05, 4.69) is 15.5 Å². The minimum atomic E-state index is -4.35. The first-order valence-electron chi connectivity index (χ1n) is 6.09. The van der Waals surface area contributed by atoms with Gasteiger partial charge in [0.15, 0.2) is 5.82 Å². The molecule has 0 radical (unpaired) electrons. The number of nitrogens with zero attached hydrogens (tertiary/aromatic N) is 4. The molecule has 2 N–H and O–H groups in total. The molecule has 1 unspecified atom stereocenters. The van der Waals surface area contributed by atoms with Gasteiger partial charge in [-0.15, -0.1) is 5.10 Å². The van der Waals surface area contributed by atoms with Gasteiger partial charge in [0.1, 0.15) is 5.82 Å². The number of hydrogen-bond donors (Lipinski definition) is 1. The Balaban J connectivity index is 2.41. The maximum absolute atomic E-state index is 13.7. The van der Waals surface area contributed by atoms with Crippen molar-refractivity contribution in [1.29, 1.82) is 0 Å². The Labute approximate surface area is 117 Å². The van der Waals surface area contributed by atoms with Crippen molar-refractivity contribution in [2.75, 3.05) is 5.73 Å². The summed E-state index contributed by atoms with van der Waals surface area (Å²) in [5, 5.41) is 10.6. The van der Waals surface area contributed by atoms with Gasteiger partial charge in [0, 0.05) is 16.8 Å². The van der Waals surface area contributed by atoms with Gasteiger partial charge in [-0.1, -0.05) is 0 Å². The molecule has 1 atom stereocenters. The monoisotopic (exact) mass is 303 g/mol. The highest BCUT2D eigenvalue weighted by molar-refractivity contribution is 5.64. The Morgan fingerprint density at radius 3 is 2.57 bits per heavy atom. The maximum Gasteiger partial charge on any atom is 0.391 e. The molecule has 0 fully saturated rings. The largest absolute Gasteiger partial charge is 0.398 e. The molecular formula is C12H13F4N5. The second kappa shape index (κ2) is 5.30. The summed E-state index contributed by atoms with van der Waals surface area (Å²) in [6.07, 6.45) is -5.44. The van der Waals surface area contributed by atoms with Crippen LogP contribution in [-0.2, 0) is 0 Å². The van der Waals surface area contributed by atoms with Crippen LogP contribution in [0.3, 0.4) is 0 Å². The number of nitrogens with two attached hydrogens (primary N) is 1. The lowest BCUT2D eigenvalue weighted by Crippen LogP contribution is -2.18. The summed E-state index contributed by atoms with van der Waals surface area (Å²) in [7, 11) is 0. The zero-order valence-electron chi connectivity index (χ0n) is 11.3. The molecule has 0 amide bonds. The van der Waals surface area contributed by atoms with Crippen molar-refractivity contribution in [2.45, 2.75) is 32.5 Å². The highest BCUT2D eigenvalue weighted by Gasteiger charge is 2.32. The fraction of sp³-hybridized carbons (Fsp3) is 0.417. The molecule has 1 heterocycles. The van der Waals surface area contributed by atoms with Gasteiger partial charge in [-0.05, 0) is 36.4 Å². The molecule has 0 aliphatic heterocycles. The number of aromatic nitrogens is 4. The predicted molar refractivity (Wildman–Crippen MR) is 67.7 cm³/mol. The van der Waals surface area contributed by atoms with E-state index in [0.717, 1.165) is 10.7 Å². The van der Waals surface area contributed by atoms with Crippen LogP contribution < -0.4 is 5.73 Å². The van der Waals surface area contributed by atoms with Gasteiger partial charge in [0.25, 0.3) is 0 Å². The number of rotatable bonds is 3. The van der Waals surface area contributed by atoms with Crippen LogP contribution in [0.2, 0.25) is 0 Å². The molecule has 9 heteroatoms. The molecule has 1 aromatic heterocycles. The average Bonchev–Trinajstić information content (AvgIpc) is 2.82. The minimum Gasteiger partial charge on any atom is -0.398 e. The van der Waals surface area contributed by atoms with Crippen molar-refractivity contribution in [3.8, 4) is 11.4 Å². The van der Waals surface area contributed by atoms with Crippen molar-refractivity contribution in [2.24, 2.45) is 0 Å². The van der Waals surface area contributed by atoms with Crippen LogP contribution in [0.1, 0.15) is 24.9 Å². The zero-order chi connectivity index (χ0) is 15.8. The molecule has 114 valence electrons. The molecule has 0 saturated heterocycles. The van der Waals surface area contributed by atoms with E-state index in [9.17, 15) is 17.6 Å². The molecule has 0 aliphatic rings. The molecule has 0 aliphatic carbocycles. The molecule has 1 aromatic carbocycles. The number of alkyl halides is 3. The number of anilines is 1. The Kier molecular flexibility index (Phi) is 3.84. The third kappa shape index (κ3) is 3.29. The Bertz CT molecular complexity index is 626. The average molecular weight is 303 g/mol. The van der Waals surface area contributed by atoms with Crippen molar-refractivity contribution >= 4 is 5.69 Å². The lowest BCUT2D eigenvalue weighted by Gasteiger charge is -2.15. The number of benzene rings is 1. The maximum atomic E-state index is 13.7. The number of nitrogen functional groups attached to an aromatic ring is 1. The van der Waals surface area contributed by atoms with E-state index in [0.29, 0.717) is 0 Å². The van der Waals surface area contributed by atoms with Gasteiger partial charge in [0.2, 0.25) is 0 Å². The van der Waals surface area contributed by atoms with Crippen LogP contribution in [0.15, 0.2) is 12.1 Å². The van der Waals surface area contributed by atoms with Crippen LogP contribution in [0.25, 0.3) is 11.4 Å². The van der Waals surface area contributed by atoms with Crippen molar-refractivity contribution in [3.63, 3.8) is 0 Å².